The topological polar surface area (TPSA) is 72.8 Å². The van der Waals surface area contributed by atoms with Crippen molar-refractivity contribution in [2.75, 3.05) is 6.61 Å². The molecule has 21 heavy (non-hydrogen) atoms. The van der Waals surface area contributed by atoms with Crippen molar-refractivity contribution in [2.24, 2.45) is 16.7 Å². The van der Waals surface area contributed by atoms with Gasteiger partial charge in [0, 0.05) is 17.4 Å². The van der Waals surface area contributed by atoms with Gasteiger partial charge in [-0.3, -0.25) is 4.79 Å². The third kappa shape index (κ3) is 1.35. The van der Waals surface area contributed by atoms with Gasteiger partial charge in [-0.1, -0.05) is 19.1 Å². The van der Waals surface area contributed by atoms with Crippen LogP contribution < -0.4 is 0 Å². The van der Waals surface area contributed by atoms with Crippen LogP contribution in [0.2, 0.25) is 0 Å². The van der Waals surface area contributed by atoms with Gasteiger partial charge in [-0.25, -0.2) is 4.79 Å². The Balaban J connectivity index is 1.99. The van der Waals surface area contributed by atoms with Crippen molar-refractivity contribution in [3.63, 3.8) is 0 Å². The molecule has 4 aliphatic rings. The van der Waals surface area contributed by atoms with Crippen molar-refractivity contribution < 1.29 is 24.2 Å². The SMILES string of the molecule is C[C@]12C3=CC(=O)OCC3=C[C@H]3OC(=O)[C@@](C)(C=C[C@H]1O)[C@H]32. The fourth-order valence-electron chi connectivity index (χ4n) is 4.37. The lowest BCUT2D eigenvalue weighted by Gasteiger charge is -2.51. The number of esters is 2. The van der Waals surface area contributed by atoms with Gasteiger partial charge in [0.15, 0.2) is 0 Å². The highest BCUT2D eigenvalue weighted by atomic mass is 16.6. The van der Waals surface area contributed by atoms with Crippen LogP contribution in [0.4, 0.5) is 0 Å². The molecular weight excluding hydrogens is 272 g/mol. The second-order valence-corrected chi connectivity index (χ2v) is 6.57. The molecule has 0 radical (unpaired) electrons. The number of carbonyl (C=O) groups is 2. The number of carbonyl (C=O) groups excluding carboxylic acids is 2. The molecule has 0 unspecified atom stereocenters. The molecule has 2 aliphatic carbocycles. The van der Waals surface area contributed by atoms with Crippen molar-refractivity contribution in [3.05, 3.63) is 35.5 Å². The van der Waals surface area contributed by atoms with Crippen LogP contribution in [0.25, 0.3) is 0 Å². The zero-order valence-electron chi connectivity index (χ0n) is 11.8. The van der Waals surface area contributed by atoms with Crippen LogP contribution in [0.3, 0.4) is 0 Å². The summed E-state index contributed by atoms with van der Waals surface area (Å²) in [5.74, 6) is -0.913. The van der Waals surface area contributed by atoms with E-state index in [1.807, 2.05) is 19.9 Å². The Morgan fingerprint density at radius 2 is 2.10 bits per heavy atom. The number of fused-ring (bicyclic) bond motifs is 2. The van der Waals surface area contributed by atoms with Crippen LogP contribution in [0.15, 0.2) is 35.5 Å². The molecule has 0 aromatic carbocycles. The third-order valence-corrected chi connectivity index (χ3v) is 5.47. The predicted molar refractivity (Wildman–Crippen MR) is 71.9 cm³/mol. The van der Waals surface area contributed by atoms with Gasteiger partial charge in [0.1, 0.15) is 12.7 Å². The second kappa shape index (κ2) is 3.65. The fourth-order valence-corrected chi connectivity index (χ4v) is 4.37. The first-order valence-corrected chi connectivity index (χ1v) is 7.06. The molecule has 0 aromatic rings. The van der Waals surface area contributed by atoms with Crippen molar-refractivity contribution in [1.29, 1.82) is 0 Å². The molecule has 2 aliphatic heterocycles. The number of cyclic esters (lactones) is 1. The standard InChI is InChI=1S/C16H16O5/c1-15-4-3-11(17)16(2)9-6-12(18)20-7-8(9)5-10(13(15)16)21-14(15)19/h3-6,10-11,13,17H,7H2,1-2H3/t10-,11-,13+,15+,16+/m1/s1. The average Bonchev–Trinajstić information content (AvgIpc) is 2.69. The maximum atomic E-state index is 12.3. The number of aliphatic hydroxyl groups excluding tert-OH is 1. The number of hydrogen-bond acceptors (Lipinski definition) is 5. The molecule has 4 rings (SSSR count). The largest absolute Gasteiger partial charge is 0.458 e. The molecule has 5 heteroatoms. The Kier molecular flexibility index (Phi) is 2.23. The van der Waals surface area contributed by atoms with E-state index >= 15 is 0 Å². The first kappa shape index (κ1) is 12.8. The summed E-state index contributed by atoms with van der Waals surface area (Å²) in [5, 5.41) is 10.6. The maximum Gasteiger partial charge on any atom is 0.331 e. The molecule has 0 spiro atoms. The van der Waals surface area contributed by atoms with Crippen LogP contribution in [0.1, 0.15) is 13.8 Å². The molecule has 110 valence electrons. The minimum absolute atomic E-state index is 0.161. The molecular formula is C16H16O5. The van der Waals surface area contributed by atoms with E-state index in [9.17, 15) is 14.7 Å². The minimum atomic E-state index is -0.775. The number of ether oxygens (including phenoxy) is 2. The van der Waals surface area contributed by atoms with E-state index in [0.717, 1.165) is 11.1 Å². The summed E-state index contributed by atoms with van der Waals surface area (Å²) in [5.41, 5.74) is 0.0818. The van der Waals surface area contributed by atoms with Gasteiger partial charge in [0.25, 0.3) is 0 Å². The van der Waals surface area contributed by atoms with Gasteiger partial charge in [0.05, 0.1) is 11.5 Å². The monoisotopic (exact) mass is 288 g/mol. The zero-order valence-corrected chi connectivity index (χ0v) is 11.8. The Morgan fingerprint density at radius 3 is 2.86 bits per heavy atom. The molecule has 2 heterocycles. The Bertz CT molecular complexity index is 658. The summed E-state index contributed by atoms with van der Waals surface area (Å²) in [4.78, 5) is 23.9. The lowest BCUT2D eigenvalue weighted by molar-refractivity contribution is -0.145. The highest BCUT2D eigenvalue weighted by molar-refractivity contribution is 5.88. The highest BCUT2D eigenvalue weighted by Gasteiger charge is 2.66. The van der Waals surface area contributed by atoms with E-state index < -0.39 is 29.0 Å². The van der Waals surface area contributed by atoms with Gasteiger partial charge < -0.3 is 14.6 Å². The van der Waals surface area contributed by atoms with Crippen molar-refractivity contribution in [3.8, 4) is 0 Å². The Hall–Kier alpha value is -1.88. The third-order valence-electron chi connectivity index (χ3n) is 5.47. The normalized spacial score (nSPS) is 46.9. The second-order valence-electron chi connectivity index (χ2n) is 6.57. The van der Waals surface area contributed by atoms with Crippen LogP contribution >= 0.6 is 0 Å². The Morgan fingerprint density at radius 1 is 1.33 bits per heavy atom. The smallest absolute Gasteiger partial charge is 0.331 e. The number of hydrogen-bond donors (Lipinski definition) is 1. The van der Waals surface area contributed by atoms with E-state index in [1.165, 1.54) is 6.08 Å². The summed E-state index contributed by atoms with van der Waals surface area (Å²) in [6, 6.07) is 0. The lowest BCUT2D eigenvalue weighted by Crippen LogP contribution is -2.54. The highest BCUT2D eigenvalue weighted by Crippen LogP contribution is 2.61. The van der Waals surface area contributed by atoms with Crippen LogP contribution in [-0.4, -0.2) is 35.9 Å². The van der Waals surface area contributed by atoms with E-state index in [-0.39, 0.29) is 18.5 Å². The van der Waals surface area contributed by atoms with Gasteiger partial charge >= 0.3 is 11.9 Å². The quantitative estimate of drug-likeness (QED) is 0.529. The molecule has 1 N–H and O–H groups in total. The van der Waals surface area contributed by atoms with Gasteiger partial charge in [-0.15, -0.1) is 0 Å². The van der Waals surface area contributed by atoms with Crippen molar-refractivity contribution in [2.45, 2.75) is 26.1 Å². The summed E-state index contributed by atoms with van der Waals surface area (Å²) >= 11 is 0. The summed E-state index contributed by atoms with van der Waals surface area (Å²) in [7, 11) is 0. The molecule has 0 bridgehead atoms. The summed E-state index contributed by atoms with van der Waals surface area (Å²) in [6.07, 6.45) is 5.53. The molecule has 1 fully saturated rings. The lowest BCUT2D eigenvalue weighted by atomic mass is 9.51. The van der Waals surface area contributed by atoms with E-state index in [4.69, 9.17) is 9.47 Å². The number of rotatable bonds is 0. The van der Waals surface area contributed by atoms with E-state index in [2.05, 4.69) is 0 Å². The Labute approximate surface area is 121 Å². The van der Waals surface area contributed by atoms with E-state index in [1.54, 1.807) is 12.2 Å². The zero-order chi connectivity index (χ0) is 15.0. The van der Waals surface area contributed by atoms with E-state index in [0.29, 0.717) is 0 Å². The van der Waals surface area contributed by atoms with Crippen molar-refractivity contribution in [1.82, 2.24) is 0 Å². The van der Waals surface area contributed by atoms with Gasteiger partial charge in [0.2, 0.25) is 0 Å². The first-order valence-electron chi connectivity index (χ1n) is 7.06. The molecule has 5 atom stereocenters. The van der Waals surface area contributed by atoms with Gasteiger partial charge in [-0.05, 0) is 24.1 Å². The van der Waals surface area contributed by atoms with Crippen LogP contribution in [0, 0.1) is 16.7 Å². The van der Waals surface area contributed by atoms with Gasteiger partial charge in [-0.2, -0.15) is 0 Å². The molecule has 0 aromatic heterocycles. The summed E-state index contributed by atoms with van der Waals surface area (Å²) in [6.45, 7) is 3.89. The first-order chi connectivity index (χ1) is 9.87. The van der Waals surface area contributed by atoms with Crippen LogP contribution in [0.5, 0.6) is 0 Å². The summed E-state index contributed by atoms with van der Waals surface area (Å²) < 4.78 is 10.6. The molecule has 0 saturated carbocycles. The maximum absolute atomic E-state index is 12.3. The number of aliphatic hydroxyl groups is 1. The van der Waals surface area contributed by atoms with Crippen LogP contribution in [-0.2, 0) is 19.1 Å². The minimum Gasteiger partial charge on any atom is -0.458 e. The molecule has 0 amide bonds. The predicted octanol–water partition coefficient (Wildman–Crippen LogP) is 0.894. The van der Waals surface area contributed by atoms with Crippen molar-refractivity contribution >= 4 is 11.9 Å². The fraction of sp³-hybridized carbons (Fsp3) is 0.500. The average molecular weight is 288 g/mol. The molecule has 5 nitrogen and oxygen atoms in total. The molecule has 1 saturated heterocycles.